The van der Waals surface area contributed by atoms with Crippen LogP contribution < -0.4 is 10.6 Å². The van der Waals surface area contributed by atoms with E-state index >= 15 is 0 Å². The lowest BCUT2D eigenvalue weighted by Crippen LogP contribution is -2.40. The fraction of sp³-hybridized carbons (Fsp3) is 0.818. The molecule has 0 aliphatic carbocycles. The summed E-state index contributed by atoms with van der Waals surface area (Å²) in [7, 11) is 1.55. The van der Waals surface area contributed by atoms with E-state index in [9.17, 15) is 9.59 Å². The minimum atomic E-state index is -0.389. The van der Waals surface area contributed by atoms with Crippen molar-refractivity contribution < 1.29 is 14.3 Å². The van der Waals surface area contributed by atoms with Crippen LogP contribution in [0, 0.1) is 5.41 Å². The molecule has 0 aromatic rings. The highest BCUT2D eigenvalue weighted by Gasteiger charge is 2.20. The van der Waals surface area contributed by atoms with Crippen LogP contribution in [0.5, 0.6) is 0 Å². The van der Waals surface area contributed by atoms with E-state index in [0.29, 0.717) is 26.1 Å². The molecule has 0 fully saturated rings. The predicted octanol–water partition coefficient (Wildman–Crippen LogP) is 0.301. The summed E-state index contributed by atoms with van der Waals surface area (Å²) in [6.07, 6.45) is 0.351. The lowest BCUT2D eigenvalue weighted by molar-refractivity contribution is -0.128. The maximum absolute atomic E-state index is 11.4. The molecule has 0 aliphatic heterocycles. The molecule has 0 aromatic carbocycles. The van der Waals surface area contributed by atoms with Gasteiger partial charge < -0.3 is 15.4 Å². The smallest absolute Gasteiger partial charge is 0.225 e. The molecule has 94 valence electrons. The lowest BCUT2D eigenvalue weighted by Gasteiger charge is -2.17. The van der Waals surface area contributed by atoms with Crippen LogP contribution in [-0.2, 0) is 14.3 Å². The third-order valence-electron chi connectivity index (χ3n) is 1.95. The Balaban J connectivity index is 3.54. The summed E-state index contributed by atoms with van der Waals surface area (Å²) in [6.45, 7) is 6.86. The summed E-state index contributed by atoms with van der Waals surface area (Å²) in [5.74, 6) is -0.0782. The Labute approximate surface area is 96.9 Å². The zero-order valence-corrected chi connectivity index (χ0v) is 10.6. The van der Waals surface area contributed by atoms with Gasteiger partial charge in [0.2, 0.25) is 11.8 Å². The van der Waals surface area contributed by atoms with Crippen LogP contribution in [0.15, 0.2) is 0 Å². The van der Waals surface area contributed by atoms with Gasteiger partial charge in [-0.3, -0.25) is 9.59 Å². The minimum absolute atomic E-state index is 0.0151. The summed E-state index contributed by atoms with van der Waals surface area (Å²) in [5.41, 5.74) is -0.389. The molecule has 0 heterocycles. The summed E-state index contributed by atoms with van der Waals surface area (Å²) >= 11 is 0. The van der Waals surface area contributed by atoms with Crippen LogP contribution in [0.4, 0.5) is 0 Å². The zero-order valence-electron chi connectivity index (χ0n) is 10.6. The van der Waals surface area contributed by atoms with Gasteiger partial charge in [0.15, 0.2) is 0 Å². The Kier molecular flexibility index (Phi) is 6.72. The summed E-state index contributed by atoms with van der Waals surface area (Å²) < 4.78 is 4.77. The summed E-state index contributed by atoms with van der Waals surface area (Å²) in [5, 5.41) is 5.44. The van der Waals surface area contributed by atoms with Crippen molar-refractivity contribution in [3.63, 3.8) is 0 Å². The van der Waals surface area contributed by atoms with Crippen molar-refractivity contribution in [1.29, 1.82) is 0 Å². The van der Waals surface area contributed by atoms with Crippen LogP contribution >= 0.6 is 0 Å². The van der Waals surface area contributed by atoms with E-state index in [2.05, 4.69) is 10.6 Å². The second kappa shape index (κ2) is 7.22. The van der Waals surface area contributed by atoms with Gasteiger partial charge in [-0.05, 0) is 0 Å². The van der Waals surface area contributed by atoms with E-state index in [-0.39, 0.29) is 17.2 Å². The molecule has 0 saturated carbocycles. The third-order valence-corrected chi connectivity index (χ3v) is 1.95. The van der Waals surface area contributed by atoms with Crippen molar-refractivity contribution in [2.24, 2.45) is 5.41 Å². The average molecular weight is 230 g/mol. The van der Waals surface area contributed by atoms with Crippen LogP contribution in [0.2, 0.25) is 0 Å². The van der Waals surface area contributed by atoms with Crippen molar-refractivity contribution in [1.82, 2.24) is 10.6 Å². The second-order valence-electron chi connectivity index (χ2n) is 4.60. The number of methoxy groups -OCH3 is 1. The second-order valence-corrected chi connectivity index (χ2v) is 4.60. The van der Waals surface area contributed by atoms with Crippen LogP contribution in [0.25, 0.3) is 0 Å². The monoisotopic (exact) mass is 230 g/mol. The Hall–Kier alpha value is -1.10. The molecule has 0 bridgehead atoms. The minimum Gasteiger partial charge on any atom is -0.384 e. The van der Waals surface area contributed by atoms with Gasteiger partial charge in [-0.2, -0.15) is 0 Å². The van der Waals surface area contributed by atoms with E-state index in [4.69, 9.17) is 4.74 Å². The van der Waals surface area contributed by atoms with Crippen LogP contribution in [-0.4, -0.2) is 38.6 Å². The number of ether oxygens (including phenoxy) is 1. The van der Waals surface area contributed by atoms with E-state index < -0.39 is 0 Å². The van der Waals surface area contributed by atoms with Crippen molar-refractivity contribution in [3.05, 3.63) is 0 Å². The standard InChI is InChI=1S/C11H22N2O3/c1-11(2,3)10(15)13-7-6-12-9(14)5-8-16-4/h5-8H2,1-4H3,(H,12,14)(H,13,15). The van der Waals surface area contributed by atoms with Crippen molar-refractivity contribution in [3.8, 4) is 0 Å². The zero-order chi connectivity index (χ0) is 12.6. The van der Waals surface area contributed by atoms with E-state index in [1.165, 1.54) is 0 Å². The molecule has 16 heavy (non-hydrogen) atoms. The molecule has 0 rings (SSSR count). The first-order chi connectivity index (χ1) is 7.38. The lowest BCUT2D eigenvalue weighted by atomic mass is 9.96. The van der Waals surface area contributed by atoms with Gasteiger partial charge in [-0.15, -0.1) is 0 Å². The molecule has 2 N–H and O–H groups in total. The van der Waals surface area contributed by atoms with Crippen molar-refractivity contribution in [2.45, 2.75) is 27.2 Å². The molecule has 0 unspecified atom stereocenters. The molecule has 0 saturated heterocycles. The molecule has 0 aromatic heterocycles. The Morgan fingerprint density at radius 3 is 2.19 bits per heavy atom. The van der Waals surface area contributed by atoms with E-state index in [0.717, 1.165) is 0 Å². The Bertz CT molecular complexity index is 234. The van der Waals surface area contributed by atoms with Gasteiger partial charge in [0.25, 0.3) is 0 Å². The maximum Gasteiger partial charge on any atom is 0.225 e. The number of amides is 2. The van der Waals surface area contributed by atoms with Gasteiger partial charge in [0.1, 0.15) is 0 Å². The Morgan fingerprint density at radius 1 is 1.12 bits per heavy atom. The quantitative estimate of drug-likeness (QED) is 0.645. The van der Waals surface area contributed by atoms with Crippen LogP contribution in [0.3, 0.4) is 0 Å². The average Bonchev–Trinajstić information content (AvgIpc) is 2.19. The summed E-state index contributed by atoms with van der Waals surface area (Å²) in [6, 6.07) is 0. The van der Waals surface area contributed by atoms with Gasteiger partial charge in [-0.1, -0.05) is 20.8 Å². The molecule has 0 aliphatic rings. The highest BCUT2D eigenvalue weighted by molar-refractivity contribution is 5.81. The number of rotatable bonds is 6. The highest BCUT2D eigenvalue weighted by atomic mass is 16.5. The fourth-order valence-corrected chi connectivity index (χ4v) is 0.926. The molecule has 5 nitrogen and oxygen atoms in total. The largest absolute Gasteiger partial charge is 0.384 e. The van der Waals surface area contributed by atoms with Gasteiger partial charge >= 0.3 is 0 Å². The van der Waals surface area contributed by atoms with Gasteiger partial charge in [-0.25, -0.2) is 0 Å². The number of carbonyl (C=O) groups excluding carboxylic acids is 2. The number of carbonyl (C=O) groups is 2. The van der Waals surface area contributed by atoms with Crippen LogP contribution in [0.1, 0.15) is 27.2 Å². The first-order valence-electron chi connectivity index (χ1n) is 5.42. The van der Waals surface area contributed by atoms with Crippen molar-refractivity contribution >= 4 is 11.8 Å². The first kappa shape index (κ1) is 14.9. The van der Waals surface area contributed by atoms with E-state index in [1.54, 1.807) is 7.11 Å². The maximum atomic E-state index is 11.4. The highest BCUT2D eigenvalue weighted by Crippen LogP contribution is 2.11. The van der Waals surface area contributed by atoms with Gasteiger partial charge in [0.05, 0.1) is 6.61 Å². The predicted molar refractivity (Wildman–Crippen MR) is 62.0 cm³/mol. The topological polar surface area (TPSA) is 67.4 Å². The molecule has 0 spiro atoms. The third kappa shape index (κ3) is 7.23. The van der Waals surface area contributed by atoms with Crippen molar-refractivity contribution in [2.75, 3.05) is 26.8 Å². The molecular weight excluding hydrogens is 208 g/mol. The number of nitrogens with one attached hydrogen (secondary N) is 2. The Morgan fingerprint density at radius 2 is 1.69 bits per heavy atom. The molecule has 2 amide bonds. The summed E-state index contributed by atoms with van der Waals surface area (Å²) in [4.78, 5) is 22.6. The fourth-order valence-electron chi connectivity index (χ4n) is 0.926. The number of hydrogen-bond donors (Lipinski definition) is 2. The first-order valence-corrected chi connectivity index (χ1v) is 5.42. The molecule has 0 atom stereocenters. The number of hydrogen-bond acceptors (Lipinski definition) is 3. The normalized spacial score (nSPS) is 11.0. The molecule has 5 heteroatoms. The molecular formula is C11H22N2O3. The van der Waals surface area contributed by atoms with Gasteiger partial charge in [0, 0.05) is 32.0 Å². The molecule has 0 radical (unpaired) electrons. The SMILES string of the molecule is COCCC(=O)NCCNC(=O)C(C)(C)C. The van der Waals surface area contributed by atoms with E-state index in [1.807, 2.05) is 20.8 Å².